The Morgan fingerprint density at radius 3 is 2.43 bits per heavy atom. The minimum atomic E-state index is 0.402. The number of rotatable bonds is 4. The number of carbonyl (C=O) groups excluding carboxylic acids is 1. The van der Waals surface area contributed by atoms with Gasteiger partial charge in [-0.25, -0.2) is 0 Å². The van der Waals surface area contributed by atoms with Gasteiger partial charge in [-0.3, -0.25) is 9.69 Å². The van der Waals surface area contributed by atoms with Gasteiger partial charge in [0.25, 0.3) is 0 Å². The maximum atomic E-state index is 11.5. The Bertz CT molecular complexity index is 186. The van der Waals surface area contributed by atoms with E-state index in [9.17, 15) is 4.79 Å². The van der Waals surface area contributed by atoms with Gasteiger partial charge in [0.2, 0.25) is 0 Å². The summed E-state index contributed by atoms with van der Waals surface area (Å²) in [5.41, 5.74) is 0. The lowest BCUT2D eigenvalue weighted by molar-refractivity contribution is -0.120. The molecular formula is C11H21NOS. The highest BCUT2D eigenvalue weighted by Gasteiger charge is 2.23. The summed E-state index contributed by atoms with van der Waals surface area (Å²) in [7, 11) is 0. The van der Waals surface area contributed by atoms with Crippen LogP contribution in [0.1, 0.15) is 33.6 Å². The minimum absolute atomic E-state index is 0.402. The topological polar surface area (TPSA) is 20.3 Å². The van der Waals surface area contributed by atoms with Gasteiger partial charge >= 0.3 is 0 Å². The van der Waals surface area contributed by atoms with E-state index >= 15 is 0 Å². The van der Waals surface area contributed by atoms with Gasteiger partial charge in [-0.2, -0.15) is 11.8 Å². The molecule has 1 saturated heterocycles. The zero-order valence-corrected chi connectivity index (χ0v) is 10.3. The molecule has 2 atom stereocenters. The molecule has 2 nitrogen and oxygen atoms in total. The Morgan fingerprint density at radius 2 is 1.93 bits per heavy atom. The van der Waals surface area contributed by atoms with E-state index in [2.05, 4.69) is 25.7 Å². The van der Waals surface area contributed by atoms with Crippen molar-refractivity contribution in [3.05, 3.63) is 0 Å². The highest BCUT2D eigenvalue weighted by Crippen LogP contribution is 2.24. The molecular weight excluding hydrogens is 194 g/mol. The quantitative estimate of drug-likeness (QED) is 0.717. The van der Waals surface area contributed by atoms with E-state index in [1.807, 2.05) is 11.8 Å². The molecule has 0 bridgehead atoms. The van der Waals surface area contributed by atoms with Crippen molar-refractivity contribution in [2.24, 2.45) is 0 Å². The van der Waals surface area contributed by atoms with Gasteiger partial charge < -0.3 is 0 Å². The smallest absolute Gasteiger partial charge is 0.146 e. The number of hydrogen-bond donors (Lipinski definition) is 0. The first-order valence-electron chi connectivity index (χ1n) is 5.51. The molecule has 2 unspecified atom stereocenters. The van der Waals surface area contributed by atoms with E-state index in [1.165, 1.54) is 0 Å². The maximum absolute atomic E-state index is 11.5. The molecule has 0 aromatic heterocycles. The third-order valence-electron chi connectivity index (χ3n) is 2.42. The van der Waals surface area contributed by atoms with E-state index in [1.54, 1.807) is 0 Å². The third-order valence-corrected chi connectivity index (χ3v) is 3.65. The zero-order valence-electron chi connectivity index (χ0n) is 9.45. The molecule has 0 N–H and O–H groups in total. The van der Waals surface area contributed by atoms with Crippen molar-refractivity contribution in [1.82, 2.24) is 4.90 Å². The van der Waals surface area contributed by atoms with Crippen LogP contribution in [0.2, 0.25) is 0 Å². The molecule has 1 heterocycles. The van der Waals surface area contributed by atoms with Crippen molar-refractivity contribution in [1.29, 1.82) is 0 Å². The fraction of sp³-hybridized carbons (Fsp3) is 0.909. The van der Waals surface area contributed by atoms with Crippen molar-refractivity contribution >= 4 is 17.5 Å². The fourth-order valence-corrected chi connectivity index (χ4v) is 3.41. The van der Waals surface area contributed by atoms with Crippen LogP contribution < -0.4 is 0 Å². The Morgan fingerprint density at radius 1 is 1.36 bits per heavy atom. The summed E-state index contributed by atoms with van der Waals surface area (Å²) in [5.74, 6) is 0.402. The maximum Gasteiger partial charge on any atom is 0.146 e. The monoisotopic (exact) mass is 215 g/mol. The fourth-order valence-electron chi connectivity index (χ4n) is 2.02. The van der Waals surface area contributed by atoms with Crippen LogP contribution in [-0.4, -0.2) is 40.8 Å². The summed E-state index contributed by atoms with van der Waals surface area (Å²) in [4.78, 5) is 13.8. The van der Waals surface area contributed by atoms with Crippen molar-refractivity contribution in [3.8, 4) is 0 Å². The molecule has 0 radical (unpaired) electrons. The number of nitrogens with zero attached hydrogens (tertiary/aromatic N) is 1. The van der Waals surface area contributed by atoms with E-state index in [0.717, 1.165) is 25.9 Å². The molecule has 0 amide bonds. The lowest BCUT2D eigenvalue weighted by atomic mass is 10.2. The molecule has 1 aliphatic heterocycles. The predicted octanol–water partition coefficient (Wildman–Crippen LogP) is 2.18. The molecule has 1 aliphatic rings. The van der Waals surface area contributed by atoms with Crippen LogP contribution in [-0.2, 0) is 4.79 Å². The summed E-state index contributed by atoms with van der Waals surface area (Å²) >= 11 is 2.03. The average Bonchev–Trinajstić information content (AvgIpc) is 2.01. The van der Waals surface area contributed by atoms with Crippen molar-refractivity contribution in [2.45, 2.75) is 44.1 Å². The largest absolute Gasteiger partial charge is 0.298 e. The summed E-state index contributed by atoms with van der Waals surface area (Å²) in [6.45, 7) is 9.38. The Kier molecular flexibility index (Phi) is 4.96. The third kappa shape index (κ3) is 4.01. The first-order chi connectivity index (χ1) is 6.61. The van der Waals surface area contributed by atoms with Crippen molar-refractivity contribution in [3.63, 3.8) is 0 Å². The summed E-state index contributed by atoms with van der Waals surface area (Å²) in [6.07, 6.45) is 1.72. The normalized spacial score (nSPS) is 29.1. The average molecular weight is 215 g/mol. The molecule has 0 aromatic rings. The Balaban J connectivity index is 2.33. The number of Topliss-reactive ketones (excluding diaryl/α,β-unsaturated/α-hetero) is 1. The first-order valence-corrected chi connectivity index (χ1v) is 6.45. The number of hydrogen-bond acceptors (Lipinski definition) is 3. The highest BCUT2D eigenvalue weighted by atomic mass is 32.2. The molecule has 1 rings (SSSR count). The van der Waals surface area contributed by atoms with Gasteiger partial charge in [-0.05, 0) is 6.42 Å². The van der Waals surface area contributed by atoms with E-state index in [-0.39, 0.29) is 0 Å². The van der Waals surface area contributed by atoms with Gasteiger partial charge in [-0.15, -0.1) is 0 Å². The second-order valence-corrected chi connectivity index (χ2v) is 6.12. The van der Waals surface area contributed by atoms with Crippen LogP contribution in [0.5, 0.6) is 0 Å². The summed E-state index contributed by atoms with van der Waals surface area (Å²) in [6, 6.07) is 0. The number of ketones is 1. The van der Waals surface area contributed by atoms with E-state index < -0.39 is 0 Å². The molecule has 14 heavy (non-hydrogen) atoms. The van der Waals surface area contributed by atoms with Crippen LogP contribution in [0.15, 0.2) is 0 Å². The molecule has 1 fully saturated rings. The molecule has 0 saturated carbocycles. The summed E-state index contributed by atoms with van der Waals surface area (Å²) in [5, 5.41) is 1.35. The molecule has 0 spiro atoms. The van der Waals surface area contributed by atoms with Crippen LogP contribution in [0.25, 0.3) is 0 Å². The highest BCUT2D eigenvalue weighted by molar-refractivity contribution is 8.00. The van der Waals surface area contributed by atoms with Gasteiger partial charge in [0.05, 0.1) is 6.54 Å². The lowest BCUT2D eigenvalue weighted by Gasteiger charge is -2.34. The van der Waals surface area contributed by atoms with Crippen LogP contribution in [0.4, 0.5) is 0 Å². The van der Waals surface area contributed by atoms with Crippen LogP contribution in [0.3, 0.4) is 0 Å². The Labute approximate surface area is 91.4 Å². The second-order valence-electron chi connectivity index (χ2n) is 4.24. The van der Waals surface area contributed by atoms with Crippen molar-refractivity contribution in [2.75, 3.05) is 19.6 Å². The molecule has 0 aromatic carbocycles. The SMILES string of the molecule is CCCC(=O)CN1CC(C)SC(C)C1. The lowest BCUT2D eigenvalue weighted by Crippen LogP contribution is -2.42. The van der Waals surface area contributed by atoms with Gasteiger partial charge in [0.15, 0.2) is 0 Å². The molecule has 3 heteroatoms. The number of thioether (sulfide) groups is 1. The molecule has 82 valence electrons. The standard InChI is InChI=1S/C11H21NOS/c1-4-5-11(13)8-12-6-9(2)14-10(3)7-12/h9-10H,4-8H2,1-3H3. The van der Waals surface area contributed by atoms with Crippen LogP contribution in [0, 0.1) is 0 Å². The predicted molar refractivity (Wildman–Crippen MR) is 62.9 cm³/mol. The van der Waals surface area contributed by atoms with E-state index in [0.29, 0.717) is 22.8 Å². The molecule has 0 aliphatic carbocycles. The van der Waals surface area contributed by atoms with Crippen LogP contribution >= 0.6 is 11.8 Å². The van der Waals surface area contributed by atoms with Gasteiger partial charge in [-0.1, -0.05) is 20.8 Å². The van der Waals surface area contributed by atoms with E-state index in [4.69, 9.17) is 0 Å². The number of carbonyl (C=O) groups is 1. The first kappa shape index (κ1) is 12.1. The Hall–Kier alpha value is -0.0200. The van der Waals surface area contributed by atoms with Crippen molar-refractivity contribution < 1.29 is 4.79 Å². The summed E-state index contributed by atoms with van der Waals surface area (Å²) < 4.78 is 0. The zero-order chi connectivity index (χ0) is 10.6. The second kappa shape index (κ2) is 5.76. The minimum Gasteiger partial charge on any atom is -0.298 e. The van der Waals surface area contributed by atoms with Gasteiger partial charge in [0.1, 0.15) is 5.78 Å². The van der Waals surface area contributed by atoms with Gasteiger partial charge in [0, 0.05) is 30.0 Å².